The molecule has 1 aliphatic rings. The van der Waals surface area contributed by atoms with Crippen molar-refractivity contribution in [3.63, 3.8) is 0 Å². The van der Waals surface area contributed by atoms with Gasteiger partial charge in [-0.15, -0.1) is 0 Å². The van der Waals surface area contributed by atoms with Crippen molar-refractivity contribution in [2.24, 2.45) is 11.3 Å². The molecule has 19 heavy (non-hydrogen) atoms. The average molecular weight is 265 g/mol. The second-order valence-electron chi connectivity index (χ2n) is 6.92. The maximum absolute atomic E-state index is 13.0. The van der Waals surface area contributed by atoms with Crippen molar-refractivity contribution in [3.05, 3.63) is 30.1 Å². The van der Waals surface area contributed by atoms with Gasteiger partial charge in [-0.3, -0.25) is 0 Å². The topological polar surface area (TPSA) is 32.3 Å². The highest BCUT2D eigenvalue weighted by atomic mass is 19.1. The highest BCUT2D eigenvalue weighted by molar-refractivity contribution is 5.46. The molecule has 2 nitrogen and oxygen atoms in total. The lowest BCUT2D eigenvalue weighted by Gasteiger charge is -2.47. The summed E-state index contributed by atoms with van der Waals surface area (Å²) in [6.07, 6.45) is 3.06. The highest BCUT2D eigenvalue weighted by Crippen LogP contribution is 2.45. The summed E-state index contributed by atoms with van der Waals surface area (Å²) >= 11 is 0. The van der Waals surface area contributed by atoms with Crippen molar-refractivity contribution in [1.82, 2.24) is 0 Å². The molecule has 0 amide bonds. The predicted molar refractivity (Wildman–Crippen MR) is 76.6 cm³/mol. The Bertz CT molecular complexity index is 429. The Morgan fingerprint density at radius 2 is 1.89 bits per heavy atom. The zero-order valence-corrected chi connectivity index (χ0v) is 12.0. The van der Waals surface area contributed by atoms with E-state index in [-0.39, 0.29) is 23.4 Å². The molecule has 0 saturated heterocycles. The molecule has 3 heteroatoms. The largest absolute Gasteiger partial charge is 0.394 e. The second kappa shape index (κ2) is 5.12. The summed E-state index contributed by atoms with van der Waals surface area (Å²) in [4.78, 5) is 0. The van der Waals surface area contributed by atoms with Gasteiger partial charge in [0.25, 0.3) is 0 Å². The van der Waals surface area contributed by atoms with E-state index in [9.17, 15) is 9.50 Å². The smallest absolute Gasteiger partial charge is 0.123 e. The van der Waals surface area contributed by atoms with Crippen LogP contribution in [0.2, 0.25) is 0 Å². The zero-order chi connectivity index (χ0) is 14.1. The van der Waals surface area contributed by atoms with E-state index in [0.29, 0.717) is 5.92 Å². The van der Waals surface area contributed by atoms with Gasteiger partial charge in [0.2, 0.25) is 0 Å². The molecule has 1 aliphatic carbocycles. The SMILES string of the molecule is CC1CC(C)(C)CC(CO)(Nc2ccc(F)cc2)C1. The zero-order valence-electron chi connectivity index (χ0n) is 12.0. The summed E-state index contributed by atoms with van der Waals surface area (Å²) in [5, 5.41) is 13.3. The van der Waals surface area contributed by atoms with Crippen LogP contribution < -0.4 is 5.32 Å². The Morgan fingerprint density at radius 3 is 2.42 bits per heavy atom. The number of rotatable bonds is 3. The summed E-state index contributed by atoms with van der Waals surface area (Å²) < 4.78 is 13.0. The summed E-state index contributed by atoms with van der Waals surface area (Å²) in [7, 11) is 0. The number of hydrogen-bond acceptors (Lipinski definition) is 2. The van der Waals surface area contributed by atoms with E-state index in [1.807, 2.05) is 0 Å². The Kier molecular flexibility index (Phi) is 3.86. The van der Waals surface area contributed by atoms with Crippen molar-refractivity contribution < 1.29 is 9.50 Å². The van der Waals surface area contributed by atoms with Gasteiger partial charge >= 0.3 is 0 Å². The molecule has 2 rings (SSSR count). The number of aliphatic hydroxyl groups excluding tert-OH is 1. The van der Waals surface area contributed by atoms with E-state index < -0.39 is 0 Å². The fourth-order valence-electron chi connectivity index (χ4n) is 3.84. The van der Waals surface area contributed by atoms with Crippen LogP contribution in [0.3, 0.4) is 0 Å². The minimum Gasteiger partial charge on any atom is -0.394 e. The molecule has 1 aromatic rings. The van der Waals surface area contributed by atoms with Crippen LogP contribution in [0.15, 0.2) is 24.3 Å². The molecule has 2 atom stereocenters. The lowest BCUT2D eigenvalue weighted by atomic mass is 9.64. The monoisotopic (exact) mass is 265 g/mol. The maximum Gasteiger partial charge on any atom is 0.123 e. The molecule has 2 unspecified atom stereocenters. The summed E-state index contributed by atoms with van der Waals surface area (Å²) in [6.45, 7) is 6.84. The Morgan fingerprint density at radius 1 is 1.26 bits per heavy atom. The number of hydrogen-bond donors (Lipinski definition) is 2. The molecule has 0 spiro atoms. The Labute approximate surface area is 115 Å². The van der Waals surface area contributed by atoms with Crippen LogP contribution in [0.1, 0.15) is 40.0 Å². The first-order valence-corrected chi connectivity index (χ1v) is 6.99. The third-order valence-electron chi connectivity index (χ3n) is 4.01. The van der Waals surface area contributed by atoms with Crippen LogP contribution in [0.25, 0.3) is 0 Å². The van der Waals surface area contributed by atoms with E-state index in [0.717, 1.165) is 18.5 Å². The highest BCUT2D eigenvalue weighted by Gasteiger charge is 2.42. The standard InChI is InChI=1S/C16H24FNO/c1-12-8-15(2,3)10-16(9-12,11-19)18-14-6-4-13(17)5-7-14/h4-7,12,18-19H,8-11H2,1-3H3. The second-order valence-corrected chi connectivity index (χ2v) is 6.92. The molecule has 1 fully saturated rings. The van der Waals surface area contributed by atoms with Crippen LogP contribution in [0.4, 0.5) is 10.1 Å². The molecule has 1 aromatic carbocycles. The van der Waals surface area contributed by atoms with Crippen molar-refractivity contribution >= 4 is 5.69 Å². The van der Waals surface area contributed by atoms with Crippen molar-refractivity contribution in [3.8, 4) is 0 Å². The third kappa shape index (κ3) is 3.47. The number of anilines is 1. The minimum atomic E-state index is -0.293. The fourth-order valence-corrected chi connectivity index (χ4v) is 3.84. The molecule has 0 radical (unpaired) electrons. The van der Waals surface area contributed by atoms with Gasteiger partial charge < -0.3 is 10.4 Å². The van der Waals surface area contributed by atoms with E-state index in [1.165, 1.54) is 18.6 Å². The lowest BCUT2D eigenvalue weighted by Crippen LogP contribution is -2.50. The first-order chi connectivity index (χ1) is 8.84. The van der Waals surface area contributed by atoms with Gasteiger partial charge in [-0.1, -0.05) is 20.8 Å². The molecule has 0 aliphatic heterocycles. The molecular weight excluding hydrogens is 241 g/mol. The van der Waals surface area contributed by atoms with Gasteiger partial charge in [-0.05, 0) is 54.9 Å². The quantitative estimate of drug-likeness (QED) is 0.871. The summed E-state index contributed by atoms with van der Waals surface area (Å²) in [5.74, 6) is 0.338. The molecule has 0 bridgehead atoms. The fraction of sp³-hybridized carbons (Fsp3) is 0.625. The number of benzene rings is 1. The lowest BCUT2D eigenvalue weighted by molar-refractivity contribution is 0.0750. The van der Waals surface area contributed by atoms with E-state index in [2.05, 4.69) is 26.1 Å². The molecule has 0 aromatic heterocycles. The van der Waals surface area contributed by atoms with Crippen molar-refractivity contribution in [2.75, 3.05) is 11.9 Å². The number of nitrogens with one attached hydrogen (secondary N) is 1. The Balaban J connectivity index is 2.20. The average Bonchev–Trinajstić information content (AvgIpc) is 2.29. The van der Waals surface area contributed by atoms with Gasteiger partial charge in [0, 0.05) is 5.69 Å². The van der Waals surface area contributed by atoms with Gasteiger partial charge in [-0.25, -0.2) is 4.39 Å². The van der Waals surface area contributed by atoms with Crippen LogP contribution in [0.5, 0.6) is 0 Å². The van der Waals surface area contributed by atoms with E-state index in [4.69, 9.17) is 0 Å². The summed E-state index contributed by atoms with van der Waals surface area (Å²) in [6, 6.07) is 6.37. The van der Waals surface area contributed by atoms with Crippen molar-refractivity contribution in [2.45, 2.75) is 45.6 Å². The van der Waals surface area contributed by atoms with Crippen LogP contribution in [-0.2, 0) is 0 Å². The minimum absolute atomic E-state index is 0.109. The first kappa shape index (κ1) is 14.3. The predicted octanol–water partition coefficient (Wildman–Crippen LogP) is 3.81. The van der Waals surface area contributed by atoms with Crippen LogP contribution in [-0.4, -0.2) is 17.3 Å². The third-order valence-corrected chi connectivity index (χ3v) is 4.01. The van der Waals surface area contributed by atoms with Crippen LogP contribution in [0, 0.1) is 17.2 Å². The first-order valence-electron chi connectivity index (χ1n) is 6.99. The van der Waals surface area contributed by atoms with E-state index >= 15 is 0 Å². The maximum atomic E-state index is 13.0. The number of aliphatic hydroxyl groups is 1. The molecule has 1 saturated carbocycles. The van der Waals surface area contributed by atoms with Gasteiger partial charge in [0.05, 0.1) is 12.1 Å². The molecular formula is C16H24FNO. The van der Waals surface area contributed by atoms with Crippen molar-refractivity contribution in [1.29, 1.82) is 0 Å². The van der Waals surface area contributed by atoms with Gasteiger partial charge in [-0.2, -0.15) is 0 Å². The van der Waals surface area contributed by atoms with Gasteiger partial charge in [0.15, 0.2) is 0 Å². The number of halogens is 1. The normalized spacial score (nSPS) is 30.1. The molecule has 0 heterocycles. The molecule has 2 N–H and O–H groups in total. The van der Waals surface area contributed by atoms with Gasteiger partial charge in [0.1, 0.15) is 5.82 Å². The molecule has 106 valence electrons. The van der Waals surface area contributed by atoms with Crippen LogP contribution >= 0.6 is 0 Å². The summed E-state index contributed by atoms with van der Waals surface area (Å²) in [5.41, 5.74) is 0.798. The van der Waals surface area contributed by atoms with E-state index in [1.54, 1.807) is 12.1 Å². The Hall–Kier alpha value is -1.09.